The predicted molar refractivity (Wildman–Crippen MR) is 64.9 cm³/mol. The lowest BCUT2D eigenvalue weighted by atomic mass is 10.2. The van der Waals surface area contributed by atoms with Crippen molar-refractivity contribution in [3.63, 3.8) is 0 Å². The number of likely N-dealkylation sites (N-methyl/N-ethyl adjacent to an activating group) is 2. The number of amides is 3. The van der Waals surface area contributed by atoms with Crippen molar-refractivity contribution in [1.29, 1.82) is 0 Å². The lowest BCUT2D eigenvalue weighted by Crippen LogP contribution is -2.33. The number of aromatic nitrogens is 2. The van der Waals surface area contributed by atoms with Crippen LogP contribution in [0.5, 0.6) is 0 Å². The van der Waals surface area contributed by atoms with Crippen molar-refractivity contribution in [3.05, 3.63) is 11.7 Å². The fraction of sp³-hybridized carbons (Fsp3) is 0.600. The van der Waals surface area contributed by atoms with Crippen LogP contribution in [0.3, 0.4) is 0 Å². The summed E-state index contributed by atoms with van der Waals surface area (Å²) in [5.41, 5.74) is 0. The smallest absolute Gasteiger partial charge is 0.326 e. The molecule has 7 nitrogen and oxygen atoms in total. The first-order valence-corrected chi connectivity index (χ1v) is 6.78. The minimum absolute atomic E-state index is 0.243. The van der Waals surface area contributed by atoms with Crippen LogP contribution in [0.25, 0.3) is 0 Å². The highest BCUT2D eigenvalue weighted by atomic mass is 32.2. The first-order valence-electron chi connectivity index (χ1n) is 5.39. The van der Waals surface area contributed by atoms with Gasteiger partial charge in [-0.15, -0.1) is 0 Å². The molecule has 1 aromatic rings. The normalized spacial score (nSPS) is 20.1. The van der Waals surface area contributed by atoms with Crippen LogP contribution < -0.4 is 0 Å². The van der Waals surface area contributed by atoms with Gasteiger partial charge in [-0.3, -0.25) is 9.69 Å². The molecule has 0 N–H and O–H groups in total. The Labute approximate surface area is 108 Å². The average Bonchev–Trinajstić information content (AvgIpc) is 2.86. The molecule has 98 valence electrons. The summed E-state index contributed by atoms with van der Waals surface area (Å²) in [5, 5.41) is 3.80. The van der Waals surface area contributed by atoms with Crippen LogP contribution in [0.2, 0.25) is 0 Å². The highest BCUT2D eigenvalue weighted by Crippen LogP contribution is 2.17. The number of urea groups is 1. The number of thioether (sulfide) groups is 1. The second-order valence-corrected chi connectivity index (χ2v) is 4.91. The van der Waals surface area contributed by atoms with E-state index in [0.29, 0.717) is 17.5 Å². The van der Waals surface area contributed by atoms with Crippen LogP contribution in [-0.4, -0.2) is 58.3 Å². The third kappa shape index (κ3) is 2.20. The number of carbonyl (C=O) groups excluding carboxylic acids is 2. The molecule has 1 saturated heterocycles. The van der Waals surface area contributed by atoms with E-state index in [0.717, 1.165) is 4.90 Å². The molecule has 0 aromatic carbocycles. The van der Waals surface area contributed by atoms with Gasteiger partial charge < -0.3 is 9.42 Å². The maximum atomic E-state index is 11.8. The summed E-state index contributed by atoms with van der Waals surface area (Å²) in [7, 11) is 3.06. The summed E-state index contributed by atoms with van der Waals surface area (Å²) < 4.78 is 5.06. The van der Waals surface area contributed by atoms with Crippen LogP contribution in [0, 0.1) is 0 Å². The zero-order valence-corrected chi connectivity index (χ0v) is 11.2. The largest absolute Gasteiger partial charge is 0.339 e. The fourth-order valence-electron chi connectivity index (χ4n) is 1.80. The number of hydrogen-bond donors (Lipinski definition) is 0. The molecule has 1 aliphatic heterocycles. The standard InChI is InChI=1S/C10H14N4O3S/c1-13-6(9(15)14(2)10(13)16)4-8-11-7(5-18-3)12-17-8/h6H,4-5H2,1-3H3. The summed E-state index contributed by atoms with van der Waals surface area (Å²) in [4.78, 5) is 30.1. The molecule has 1 unspecified atom stereocenters. The van der Waals surface area contributed by atoms with Crippen molar-refractivity contribution in [2.45, 2.75) is 18.2 Å². The highest BCUT2D eigenvalue weighted by molar-refractivity contribution is 7.97. The molecule has 0 aliphatic carbocycles. The van der Waals surface area contributed by atoms with E-state index in [1.807, 2.05) is 6.26 Å². The van der Waals surface area contributed by atoms with E-state index >= 15 is 0 Å². The second-order valence-electron chi connectivity index (χ2n) is 4.05. The molecule has 0 radical (unpaired) electrons. The molecular weight excluding hydrogens is 256 g/mol. The third-order valence-electron chi connectivity index (χ3n) is 2.82. The van der Waals surface area contributed by atoms with Gasteiger partial charge in [-0.2, -0.15) is 16.7 Å². The van der Waals surface area contributed by atoms with Gasteiger partial charge in [0.25, 0.3) is 5.91 Å². The number of imide groups is 1. The highest BCUT2D eigenvalue weighted by Gasteiger charge is 2.41. The Hall–Kier alpha value is -1.57. The predicted octanol–water partition coefficient (Wildman–Crippen LogP) is 0.367. The molecule has 0 bridgehead atoms. The van der Waals surface area contributed by atoms with E-state index in [4.69, 9.17) is 4.52 Å². The van der Waals surface area contributed by atoms with Gasteiger partial charge in [-0.05, 0) is 6.26 Å². The molecule has 0 saturated carbocycles. The number of nitrogens with zero attached hydrogens (tertiary/aromatic N) is 4. The van der Waals surface area contributed by atoms with E-state index in [2.05, 4.69) is 10.1 Å². The first kappa shape index (κ1) is 12.9. The Morgan fingerprint density at radius 1 is 1.39 bits per heavy atom. The van der Waals surface area contributed by atoms with Gasteiger partial charge in [-0.1, -0.05) is 5.16 Å². The van der Waals surface area contributed by atoms with Gasteiger partial charge in [0.15, 0.2) is 5.82 Å². The molecule has 8 heteroatoms. The van der Waals surface area contributed by atoms with Crippen LogP contribution >= 0.6 is 11.8 Å². The maximum absolute atomic E-state index is 11.8. The minimum atomic E-state index is -0.551. The van der Waals surface area contributed by atoms with Gasteiger partial charge >= 0.3 is 6.03 Å². The van der Waals surface area contributed by atoms with Gasteiger partial charge in [0, 0.05) is 14.1 Å². The van der Waals surface area contributed by atoms with Crippen molar-refractivity contribution in [2.24, 2.45) is 0 Å². The van der Waals surface area contributed by atoms with Crippen LogP contribution in [0.15, 0.2) is 4.52 Å². The molecule has 18 heavy (non-hydrogen) atoms. The molecule has 2 heterocycles. The average molecular weight is 270 g/mol. The SMILES string of the molecule is CSCc1noc(CC2C(=O)N(C)C(=O)N2C)n1. The van der Waals surface area contributed by atoms with E-state index < -0.39 is 6.04 Å². The molecule has 1 aromatic heterocycles. The Morgan fingerprint density at radius 3 is 2.67 bits per heavy atom. The molecular formula is C10H14N4O3S. The zero-order chi connectivity index (χ0) is 13.3. The fourth-order valence-corrected chi connectivity index (χ4v) is 2.18. The number of rotatable bonds is 4. The van der Waals surface area contributed by atoms with Gasteiger partial charge in [-0.25, -0.2) is 4.79 Å². The quantitative estimate of drug-likeness (QED) is 0.735. The second kappa shape index (κ2) is 4.97. The van der Waals surface area contributed by atoms with Crippen molar-refractivity contribution in [2.75, 3.05) is 20.4 Å². The van der Waals surface area contributed by atoms with E-state index in [1.165, 1.54) is 11.9 Å². The summed E-state index contributed by atoms with van der Waals surface area (Å²) in [6.45, 7) is 0. The third-order valence-corrected chi connectivity index (χ3v) is 3.37. The van der Waals surface area contributed by atoms with Gasteiger partial charge in [0.2, 0.25) is 5.89 Å². The molecule has 0 spiro atoms. The molecule has 3 amide bonds. The molecule has 1 fully saturated rings. The van der Waals surface area contributed by atoms with E-state index in [1.54, 1.807) is 18.8 Å². The lowest BCUT2D eigenvalue weighted by molar-refractivity contribution is -0.127. The summed E-state index contributed by atoms with van der Waals surface area (Å²) in [5.74, 6) is 1.40. The van der Waals surface area contributed by atoms with E-state index in [-0.39, 0.29) is 18.4 Å². The van der Waals surface area contributed by atoms with E-state index in [9.17, 15) is 9.59 Å². The Balaban J connectivity index is 2.09. The van der Waals surface area contributed by atoms with Crippen molar-refractivity contribution in [3.8, 4) is 0 Å². The summed E-state index contributed by atoms with van der Waals surface area (Å²) in [6.07, 6.45) is 2.20. The number of carbonyl (C=O) groups is 2. The van der Waals surface area contributed by atoms with Crippen molar-refractivity contribution < 1.29 is 14.1 Å². The molecule has 1 aliphatic rings. The Kier molecular flexibility index (Phi) is 3.55. The van der Waals surface area contributed by atoms with Gasteiger partial charge in [0.1, 0.15) is 6.04 Å². The Bertz CT molecular complexity index is 475. The summed E-state index contributed by atoms with van der Waals surface area (Å²) >= 11 is 1.59. The lowest BCUT2D eigenvalue weighted by Gasteiger charge is -2.13. The Morgan fingerprint density at radius 2 is 2.11 bits per heavy atom. The number of hydrogen-bond acceptors (Lipinski definition) is 6. The van der Waals surface area contributed by atoms with Gasteiger partial charge in [0.05, 0.1) is 12.2 Å². The first-order chi connectivity index (χ1) is 8.54. The topological polar surface area (TPSA) is 79.5 Å². The maximum Gasteiger partial charge on any atom is 0.326 e. The zero-order valence-electron chi connectivity index (χ0n) is 10.4. The molecule has 2 rings (SSSR count). The minimum Gasteiger partial charge on any atom is -0.339 e. The van der Waals surface area contributed by atoms with Crippen LogP contribution in [-0.2, 0) is 17.0 Å². The van der Waals surface area contributed by atoms with Crippen LogP contribution in [0.4, 0.5) is 4.79 Å². The van der Waals surface area contributed by atoms with Crippen molar-refractivity contribution in [1.82, 2.24) is 19.9 Å². The monoisotopic (exact) mass is 270 g/mol. The molecule has 1 atom stereocenters. The van der Waals surface area contributed by atoms with Crippen molar-refractivity contribution >= 4 is 23.7 Å². The summed E-state index contributed by atoms with van der Waals surface area (Å²) in [6, 6.07) is -0.862. The van der Waals surface area contributed by atoms with Crippen LogP contribution in [0.1, 0.15) is 11.7 Å².